The molecule has 0 aromatic heterocycles. The molecule has 0 aromatic rings. The lowest BCUT2D eigenvalue weighted by molar-refractivity contribution is 0.227. The summed E-state index contributed by atoms with van der Waals surface area (Å²) in [5.41, 5.74) is 0. The van der Waals surface area contributed by atoms with Crippen LogP contribution in [0.25, 0.3) is 0 Å². The minimum absolute atomic E-state index is 0.852. The van der Waals surface area contributed by atoms with Crippen molar-refractivity contribution in [2.45, 2.75) is 80.6 Å². The maximum atomic E-state index is 2.48. The van der Waals surface area contributed by atoms with E-state index in [0.29, 0.717) is 0 Å². The summed E-state index contributed by atoms with van der Waals surface area (Å²) in [6.07, 6.45) is 7.02. The van der Waals surface area contributed by atoms with E-state index in [9.17, 15) is 0 Å². The molecule has 0 N–H and O–H groups in total. The fourth-order valence-corrected chi connectivity index (χ4v) is 2.68. The highest BCUT2D eigenvalue weighted by Crippen LogP contribution is 2.31. The minimum Gasteiger partial charge on any atom is -0.0651 e. The van der Waals surface area contributed by atoms with Crippen LogP contribution in [0.15, 0.2) is 0 Å². The highest BCUT2D eigenvalue weighted by molar-refractivity contribution is 4.71. The number of rotatable bonds is 9. The second kappa shape index (κ2) is 9.00. The number of hydrogen-bond acceptors (Lipinski definition) is 0. The van der Waals surface area contributed by atoms with Gasteiger partial charge >= 0.3 is 0 Å². The molecule has 0 radical (unpaired) electrons. The molecule has 3 atom stereocenters. The van der Waals surface area contributed by atoms with Gasteiger partial charge in [-0.1, -0.05) is 67.7 Å². The third-order valence-corrected chi connectivity index (χ3v) is 4.18. The molecule has 17 heavy (non-hydrogen) atoms. The summed E-state index contributed by atoms with van der Waals surface area (Å²) in [5.74, 6) is 4.48. The third-order valence-electron chi connectivity index (χ3n) is 4.18. The largest absolute Gasteiger partial charge is 0.0651 e. The van der Waals surface area contributed by atoms with Crippen LogP contribution < -0.4 is 0 Å². The summed E-state index contributed by atoms with van der Waals surface area (Å²) in [4.78, 5) is 0. The van der Waals surface area contributed by atoms with Gasteiger partial charge in [-0.2, -0.15) is 0 Å². The van der Waals surface area contributed by atoms with Crippen LogP contribution in [0.4, 0.5) is 0 Å². The van der Waals surface area contributed by atoms with Gasteiger partial charge in [-0.3, -0.25) is 0 Å². The first-order chi connectivity index (χ1) is 7.86. The monoisotopic (exact) mass is 240 g/mol. The average Bonchev–Trinajstić information content (AvgIpc) is 2.23. The molecule has 0 aromatic carbocycles. The van der Waals surface area contributed by atoms with Crippen LogP contribution in [-0.4, -0.2) is 0 Å². The van der Waals surface area contributed by atoms with Crippen molar-refractivity contribution in [3.63, 3.8) is 0 Å². The third kappa shape index (κ3) is 8.69. The Morgan fingerprint density at radius 2 is 1.29 bits per heavy atom. The quantitative estimate of drug-likeness (QED) is 0.453. The van der Waals surface area contributed by atoms with Crippen molar-refractivity contribution in [1.29, 1.82) is 0 Å². The standard InChI is InChI=1S/C17H36/c1-8-15(6)12-17(11-14(4)5)16(7)10-9-13(2)3/h13-17H,8-12H2,1-7H3. The van der Waals surface area contributed by atoms with Crippen LogP contribution >= 0.6 is 0 Å². The molecule has 0 aliphatic heterocycles. The van der Waals surface area contributed by atoms with Crippen LogP contribution in [0.1, 0.15) is 80.6 Å². The molecule has 0 fully saturated rings. The molecule has 0 bridgehead atoms. The fraction of sp³-hybridized carbons (Fsp3) is 1.00. The smallest absolute Gasteiger partial charge is 0.0384 e. The van der Waals surface area contributed by atoms with E-state index in [4.69, 9.17) is 0 Å². The molecule has 0 heterocycles. The van der Waals surface area contributed by atoms with Crippen molar-refractivity contribution < 1.29 is 0 Å². The highest BCUT2D eigenvalue weighted by atomic mass is 14.3. The molecule has 3 unspecified atom stereocenters. The molecular formula is C17H36. The Kier molecular flexibility index (Phi) is 9.00. The molecule has 0 amide bonds. The van der Waals surface area contributed by atoms with E-state index in [1.54, 1.807) is 0 Å². The Morgan fingerprint density at radius 1 is 0.706 bits per heavy atom. The van der Waals surface area contributed by atoms with Gasteiger partial charge in [0.1, 0.15) is 0 Å². The van der Waals surface area contributed by atoms with Crippen LogP contribution in [0.2, 0.25) is 0 Å². The van der Waals surface area contributed by atoms with Crippen LogP contribution in [0, 0.1) is 29.6 Å². The van der Waals surface area contributed by atoms with Gasteiger partial charge in [0, 0.05) is 0 Å². The van der Waals surface area contributed by atoms with Crippen molar-refractivity contribution in [3.8, 4) is 0 Å². The molecule has 0 saturated heterocycles. The van der Waals surface area contributed by atoms with Crippen molar-refractivity contribution in [2.75, 3.05) is 0 Å². The van der Waals surface area contributed by atoms with Crippen LogP contribution in [0.3, 0.4) is 0 Å². The van der Waals surface area contributed by atoms with Gasteiger partial charge in [-0.15, -0.1) is 0 Å². The zero-order chi connectivity index (χ0) is 13.4. The summed E-state index contributed by atoms with van der Waals surface area (Å²) in [7, 11) is 0. The lowest BCUT2D eigenvalue weighted by Gasteiger charge is -2.28. The fourth-order valence-electron chi connectivity index (χ4n) is 2.68. The molecule has 0 saturated carbocycles. The Hall–Kier alpha value is 0. The van der Waals surface area contributed by atoms with E-state index >= 15 is 0 Å². The zero-order valence-corrected chi connectivity index (χ0v) is 13.4. The van der Waals surface area contributed by atoms with Crippen molar-refractivity contribution in [3.05, 3.63) is 0 Å². The van der Waals surface area contributed by atoms with Gasteiger partial charge in [0.15, 0.2) is 0 Å². The lowest BCUT2D eigenvalue weighted by Crippen LogP contribution is -2.18. The van der Waals surface area contributed by atoms with Gasteiger partial charge in [0.2, 0.25) is 0 Å². The van der Waals surface area contributed by atoms with E-state index in [1.165, 1.54) is 32.1 Å². The van der Waals surface area contributed by atoms with Gasteiger partial charge in [0.25, 0.3) is 0 Å². The summed E-state index contributed by atoms with van der Waals surface area (Å²) >= 11 is 0. The van der Waals surface area contributed by atoms with E-state index < -0.39 is 0 Å². The van der Waals surface area contributed by atoms with Crippen molar-refractivity contribution in [2.24, 2.45) is 29.6 Å². The van der Waals surface area contributed by atoms with Crippen LogP contribution in [-0.2, 0) is 0 Å². The number of hydrogen-bond donors (Lipinski definition) is 0. The second-order valence-electron chi connectivity index (χ2n) is 7.09. The first kappa shape index (κ1) is 17.0. The normalized spacial score (nSPS) is 17.5. The van der Waals surface area contributed by atoms with Crippen molar-refractivity contribution >= 4 is 0 Å². The molecule has 0 rings (SSSR count). The lowest BCUT2D eigenvalue weighted by atomic mass is 9.77. The summed E-state index contributed by atoms with van der Waals surface area (Å²) < 4.78 is 0. The topological polar surface area (TPSA) is 0 Å². The van der Waals surface area contributed by atoms with E-state index in [-0.39, 0.29) is 0 Å². The molecule has 0 aliphatic rings. The SMILES string of the molecule is CCC(C)CC(CC(C)C)C(C)CCC(C)C. The summed E-state index contributed by atoms with van der Waals surface area (Å²) in [6, 6.07) is 0. The molecule has 0 aliphatic carbocycles. The zero-order valence-electron chi connectivity index (χ0n) is 13.4. The Bertz CT molecular complexity index is 169. The van der Waals surface area contributed by atoms with Crippen LogP contribution in [0.5, 0.6) is 0 Å². The predicted octanol–water partition coefficient (Wildman–Crippen LogP) is 6.16. The maximum absolute atomic E-state index is 2.48. The maximum Gasteiger partial charge on any atom is -0.0384 e. The molecule has 104 valence electrons. The van der Waals surface area contributed by atoms with Gasteiger partial charge < -0.3 is 0 Å². The van der Waals surface area contributed by atoms with E-state index in [0.717, 1.165) is 29.6 Å². The highest BCUT2D eigenvalue weighted by Gasteiger charge is 2.20. The summed E-state index contributed by atoms with van der Waals surface area (Å²) in [6.45, 7) is 16.7. The second-order valence-corrected chi connectivity index (χ2v) is 7.09. The Labute approximate surface area is 111 Å². The average molecular weight is 240 g/mol. The van der Waals surface area contributed by atoms with E-state index in [2.05, 4.69) is 48.5 Å². The van der Waals surface area contributed by atoms with Gasteiger partial charge in [-0.05, 0) is 42.4 Å². The van der Waals surface area contributed by atoms with Gasteiger partial charge in [-0.25, -0.2) is 0 Å². The molecular weight excluding hydrogens is 204 g/mol. The van der Waals surface area contributed by atoms with Gasteiger partial charge in [0.05, 0.1) is 0 Å². The van der Waals surface area contributed by atoms with E-state index in [1.807, 2.05) is 0 Å². The molecule has 0 nitrogen and oxygen atoms in total. The predicted molar refractivity (Wildman–Crippen MR) is 80.3 cm³/mol. The summed E-state index contributed by atoms with van der Waals surface area (Å²) in [5, 5.41) is 0. The Morgan fingerprint density at radius 3 is 1.71 bits per heavy atom. The molecule has 0 spiro atoms. The first-order valence-electron chi connectivity index (χ1n) is 7.86. The first-order valence-corrected chi connectivity index (χ1v) is 7.86. The Balaban J connectivity index is 4.23. The molecule has 0 heteroatoms. The minimum atomic E-state index is 0.852. The van der Waals surface area contributed by atoms with Crippen molar-refractivity contribution in [1.82, 2.24) is 0 Å².